The van der Waals surface area contributed by atoms with Crippen LogP contribution < -0.4 is 15.5 Å². The average molecular weight is 330 g/mol. The maximum Gasteiger partial charge on any atom is 0.319 e. The largest absolute Gasteiger partial charge is 0.372 e. The van der Waals surface area contributed by atoms with Crippen molar-refractivity contribution in [3.05, 3.63) is 36.3 Å². The van der Waals surface area contributed by atoms with E-state index < -0.39 is 0 Å². The van der Waals surface area contributed by atoms with Gasteiger partial charge < -0.3 is 20.3 Å². The van der Waals surface area contributed by atoms with Crippen molar-refractivity contribution >= 4 is 17.5 Å². The van der Waals surface area contributed by atoms with E-state index in [1.165, 1.54) is 0 Å². The summed E-state index contributed by atoms with van der Waals surface area (Å²) >= 11 is 0. The summed E-state index contributed by atoms with van der Waals surface area (Å²) in [5, 5.41) is 11.9. The highest BCUT2D eigenvalue weighted by Gasteiger charge is 2.22. The quantitative estimate of drug-likeness (QED) is 0.794. The lowest BCUT2D eigenvalue weighted by Gasteiger charge is -2.36. The first-order chi connectivity index (χ1) is 11.6. The minimum absolute atomic E-state index is 0.198. The number of urea groups is 1. The first-order valence-corrected chi connectivity index (χ1v) is 7.99. The van der Waals surface area contributed by atoms with Crippen molar-refractivity contribution in [1.29, 1.82) is 0 Å². The van der Waals surface area contributed by atoms with Gasteiger partial charge in [-0.05, 0) is 25.5 Å². The minimum atomic E-state index is -0.281. The zero-order chi connectivity index (χ0) is 16.9. The van der Waals surface area contributed by atoms with Crippen molar-refractivity contribution < 1.29 is 9.53 Å². The first-order valence-electron chi connectivity index (χ1n) is 7.99. The van der Waals surface area contributed by atoms with Gasteiger partial charge in [0.25, 0.3) is 0 Å². The lowest BCUT2D eigenvalue weighted by Crippen LogP contribution is -2.45. The number of anilines is 2. The van der Waals surface area contributed by atoms with E-state index in [9.17, 15) is 4.79 Å². The van der Waals surface area contributed by atoms with Gasteiger partial charge in [0.1, 0.15) is 5.82 Å². The molecule has 0 spiro atoms. The van der Waals surface area contributed by atoms with E-state index in [0.717, 1.165) is 24.5 Å². The SMILES string of the molecule is CC1CN(c2ccc(CNC(=O)Nc3cn[nH]c3)cn2)CC(C)O1. The van der Waals surface area contributed by atoms with Gasteiger partial charge in [-0.15, -0.1) is 0 Å². The van der Waals surface area contributed by atoms with E-state index in [1.807, 2.05) is 12.1 Å². The topological polar surface area (TPSA) is 95.2 Å². The van der Waals surface area contributed by atoms with E-state index in [0.29, 0.717) is 12.2 Å². The van der Waals surface area contributed by atoms with Crippen molar-refractivity contribution in [2.45, 2.75) is 32.6 Å². The van der Waals surface area contributed by atoms with Gasteiger partial charge in [0.2, 0.25) is 0 Å². The molecule has 0 radical (unpaired) electrons. The molecule has 1 saturated heterocycles. The fraction of sp³-hybridized carbons (Fsp3) is 0.438. The number of carbonyl (C=O) groups is 1. The number of carbonyl (C=O) groups excluding carboxylic acids is 1. The fourth-order valence-electron chi connectivity index (χ4n) is 2.75. The maximum absolute atomic E-state index is 11.8. The van der Waals surface area contributed by atoms with Gasteiger partial charge in [0, 0.05) is 32.0 Å². The third-order valence-corrected chi connectivity index (χ3v) is 3.76. The van der Waals surface area contributed by atoms with Gasteiger partial charge in [-0.1, -0.05) is 6.07 Å². The number of hydrogen-bond donors (Lipinski definition) is 3. The van der Waals surface area contributed by atoms with Crippen LogP contribution in [0.2, 0.25) is 0 Å². The predicted molar refractivity (Wildman–Crippen MR) is 90.9 cm³/mol. The van der Waals surface area contributed by atoms with Crippen LogP contribution in [0.4, 0.5) is 16.3 Å². The number of ether oxygens (including phenoxy) is 1. The van der Waals surface area contributed by atoms with Crippen LogP contribution in [0.1, 0.15) is 19.4 Å². The van der Waals surface area contributed by atoms with Crippen LogP contribution in [-0.4, -0.2) is 46.5 Å². The van der Waals surface area contributed by atoms with Crippen molar-refractivity contribution in [3.8, 4) is 0 Å². The molecule has 1 aliphatic rings. The van der Waals surface area contributed by atoms with E-state index in [-0.39, 0.29) is 18.2 Å². The second-order valence-electron chi connectivity index (χ2n) is 5.98. The van der Waals surface area contributed by atoms with Crippen molar-refractivity contribution in [2.24, 2.45) is 0 Å². The van der Waals surface area contributed by atoms with Crippen LogP contribution in [0.25, 0.3) is 0 Å². The number of aromatic amines is 1. The molecule has 128 valence electrons. The van der Waals surface area contributed by atoms with Crippen molar-refractivity contribution in [3.63, 3.8) is 0 Å². The standard InChI is InChI=1S/C16H22N6O2/c1-11-9-22(10-12(2)24-11)15-4-3-13(5-17-15)6-18-16(23)21-14-7-19-20-8-14/h3-5,7-8,11-12H,6,9-10H2,1-2H3,(H,19,20)(H2,18,21,23). The van der Waals surface area contributed by atoms with Gasteiger partial charge in [-0.3, -0.25) is 5.10 Å². The van der Waals surface area contributed by atoms with E-state index in [2.05, 4.69) is 44.6 Å². The molecule has 3 heterocycles. The molecule has 2 aromatic rings. The number of amides is 2. The van der Waals surface area contributed by atoms with Gasteiger partial charge in [0.15, 0.2) is 0 Å². The predicted octanol–water partition coefficient (Wildman–Crippen LogP) is 1.74. The summed E-state index contributed by atoms with van der Waals surface area (Å²) in [6.07, 6.45) is 5.34. The number of pyridine rings is 1. The minimum Gasteiger partial charge on any atom is -0.372 e. The Bertz CT molecular complexity index is 648. The Morgan fingerprint density at radius 3 is 2.75 bits per heavy atom. The summed E-state index contributed by atoms with van der Waals surface area (Å²) in [6, 6.07) is 3.68. The Labute approximate surface area is 140 Å². The summed E-state index contributed by atoms with van der Waals surface area (Å²) < 4.78 is 5.74. The molecular weight excluding hydrogens is 308 g/mol. The Kier molecular flexibility index (Phi) is 4.95. The molecule has 0 aliphatic carbocycles. The Hall–Kier alpha value is -2.61. The number of hydrogen-bond acceptors (Lipinski definition) is 5. The summed E-state index contributed by atoms with van der Waals surface area (Å²) in [4.78, 5) is 18.5. The highest BCUT2D eigenvalue weighted by molar-refractivity contribution is 5.88. The maximum atomic E-state index is 11.8. The number of nitrogens with zero attached hydrogens (tertiary/aromatic N) is 3. The molecule has 0 bridgehead atoms. The third-order valence-electron chi connectivity index (χ3n) is 3.76. The molecule has 2 unspecified atom stereocenters. The number of morpholine rings is 1. The normalized spacial score (nSPS) is 20.7. The van der Waals surface area contributed by atoms with Gasteiger partial charge in [-0.25, -0.2) is 9.78 Å². The van der Waals surface area contributed by atoms with Crippen LogP contribution in [0.15, 0.2) is 30.7 Å². The second-order valence-corrected chi connectivity index (χ2v) is 5.98. The van der Waals surface area contributed by atoms with Crippen LogP contribution in [0.5, 0.6) is 0 Å². The molecule has 2 amide bonds. The zero-order valence-electron chi connectivity index (χ0n) is 13.8. The van der Waals surface area contributed by atoms with Crippen LogP contribution in [-0.2, 0) is 11.3 Å². The van der Waals surface area contributed by atoms with Crippen molar-refractivity contribution in [1.82, 2.24) is 20.5 Å². The summed E-state index contributed by atoms with van der Waals surface area (Å²) in [5.41, 5.74) is 1.56. The average Bonchev–Trinajstić information content (AvgIpc) is 3.05. The van der Waals surface area contributed by atoms with Crippen LogP contribution >= 0.6 is 0 Å². The summed E-state index contributed by atoms with van der Waals surface area (Å²) in [6.45, 7) is 6.22. The fourth-order valence-corrected chi connectivity index (χ4v) is 2.75. The number of nitrogens with one attached hydrogen (secondary N) is 3. The zero-order valence-corrected chi connectivity index (χ0v) is 13.8. The molecule has 8 nitrogen and oxygen atoms in total. The molecular formula is C16H22N6O2. The number of aromatic nitrogens is 3. The molecule has 2 aromatic heterocycles. The second kappa shape index (κ2) is 7.31. The van der Waals surface area contributed by atoms with Crippen LogP contribution in [0, 0.1) is 0 Å². The Balaban J connectivity index is 1.52. The smallest absolute Gasteiger partial charge is 0.319 e. The van der Waals surface area contributed by atoms with Crippen LogP contribution in [0.3, 0.4) is 0 Å². The molecule has 1 aliphatic heterocycles. The van der Waals surface area contributed by atoms with Gasteiger partial charge in [0.05, 0.1) is 24.1 Å². The molecule has 8 heteroatoms. The lowest BCUT2D eigenvalue weighted by molar-refractivity contribution is -0.00546. The van der Waals surface area contributed by atoms with Gasteiger partial charge in [-0.2, -0.15) is 5.10 Å². The van der Waals surface area contributed by atoms with Crippen molar-refractivity contribution in [2.75, 3.05) is 23.3 Å². The molecule has 0 saturated carbocycles. The van der Waals surface area contributed by atoms with E-state index in [1.54, 1.807) is 18.6 Å². The number of H-pyrrole nitrogens is 1. The summed E-state index contributed by atoms with van der Waals surface area (Å²) in [7, 11) is 0. The third kappa shape index (κ3) is 4.23. The molecule has 3 N–H and O–H groups in total. The highest BCUT2D eigenvalue weighted by Crippen LogP contribution is 2.18. The highest BCUT2D eigenvalue weighted by atomic mass is 16.5. The van der Waals surface area contributed by atoms with E-state index in [4.69, 9.17) is 4.74 Å². The molecule has 2 atom stereocenters. The Morgan fingerprint density at radius 1 is 1.33 bits per heavy atom. The summed E-state index contributed by atoms with van der Waals surface area (Å²) in [5.74, 6) is 0.934. The molecule has 1 fully saturated rings. The number of rotatable bonds is 4. The monoisotopic (exact) mass is 330 g/mol. The molecule has 0 aromatic carbocycles. The first kappa shape index (κ1) is 16.3. The lowest BCUT2D eigenvalue weighted by atomic mass is 10.2. The molecule has 24 heavy (non-hydrogen) atoms. The van der Waals surface area contributed by atoms with E-state index >= 15 is 0 Å². The molecule has 3 rings (SSSR count). The van der Waals surface area contributed by atoms with Gasteiger partial charge >= 0.3 is 6.03 Å². The Morgan fingerprint density at radius 2 is 2.12 bits per heavy atom.